The monoisotopic (exact) mass is 300 g/mol. The molecule has 1 heterocycles. The van der Waals surface area contributed by atoms with Crippen molar-refractivity contribution in [3.63, 3.8) is 0 Å². The zero-order valence-electron chi connectivity index (χ0n) is 6.47. The van der Waals surface area contributed by atoms with Gasteiger partial charge in [0.15, 0.2) is 0 Å². The fraction of sp³-hybridized carbons (Fsp3) is 0.286. The molecule has 0 amide bonds. The number of nitrogens with two attached hydrogens (primary N) is 1. The molecule has 72 valence electrons. The number of pyridine rings is 1. The van der Waals surface area contributed by atoms with Gasteiger partial charge in [0, 0.05) is 12.1 Å². The summed E-state index contributed by atoms with van der Waals surface area (Å²) in [4.78, 5) is 3.51. The van der Waals surface area contributed by atoms with E-state index in [1.54, 1.807) is 22.6 Å². The number of hydrogen-bond acceptors (Lipinski definition) is 3. The topological polar surface area (TPSA) is 59.1 Å². The number of hydrogen-bond donors (Lipinski definition) is 2. The molecular weight excluding hydrogens is 293 g/mol. The van der Waals surface area contributed by atoms with Crippen LogP contribution in [0.15, 0.2) is 6.07 Å². The number of alkyl halides is 2. The largest absolute Gasteiger partial charge is 0.505 e. The molecule has 0 saturated carbocycles. The van der Waals surface area contributed by atoms with Crippen LogP contribution >= 0.6 is 22.6 Å². The van der Waals surface area contributed by atoms with Crippen LogP contribution in [-0.4, -0.2) is 10.1 Å². The zero-order valence-corrected chi connectivity index (χ0v) is 8.62. The molecule has 0 aliphatic rings. The minimum atomic E-state index is -2.78. The molecule has 0 aliphatic carbocycles. The Morgan fingerprint density at radius 2 is 2.23 bits per heavy atom. The summed E-state index contributed by atoms with van der Waals surface area (Å²) < 4.78 is 24.9. The molecule has 0 bridgehead atoms. The van der Waals surface area contributed by atoms with Gasteiger partial charge in [0.2, 0.25) is 0 Å². The van der Waals surface area contributed by atoms with Gasteiger partial charge in [-0.25, -0.2) is 13.8 Å². The van der Waals surface area contributed by atoms with E-state index in [4.69, 9.17) is 5.73 Å². The Morgan fingerprint density at radius 3 is 2.69 bits per heavy atom. The molecule has 0 fully saturated rings. The van der Waals surface area contributed by atoms with Crippen molar-refractivity contribution < 1.29 is 13.9 Å². The normalized spacial score (nSPS) is 10.8. The highest BCUT2D eigenvalue weighted by Crippen LogP contribution is 2.30. The Balaban J connectivity index is 3.27. The molecule has 1 rings (SSSR count). The van der Waals surface area contributed by atoms with Crippen molar-refractivity contribution in [2.75, 3.05) is 0 Å². The number of halogens is 3. The first kappa shape index (κ1) is 10.6. The van der Waals surface area contributed by atoms with Crippen molar-refractivity contribution in [2.45, 2.75) is 13.0 Å². The van der Waals surface area contributed by atoms with E-state index in [1.165, 1.54) is 6.07 Å². The summed E-state index contributed by atoms with van der Waals surface area (Å²) in [5.74, 6) is -0.502. The molecule has 0 saturated heterocycles. The summed E-state index contributed by atoms with van der Waals surface area (Å²) in [6.45, 7) is 0.0179. The van der Waals surface area contributed by atoms with Crippen molar-refractivity contribution in [3.8, 4) is 5.75 Å². The van der Waals surface area contributed by atoms with Gasteiger partial charge >= 0.3 is 0 Å². The average molecular weight is 300 g/mol. The van der Waals surface area contributed by atoms with Crippen LogP contribution < -0.4 is 5.73 Å². The fourth-order valence-electron chi connectivity index (χ4n) is 0.885. The number of nitrogens with zero attached hydrogens (tertiary/aromatic N) is 1. The minimum Gasteiger partial charge on any atom is -0.505 e. The van der Waals surface area contributed by atoms with Gasteiger partial charge < -0.3 is 10.8 Å². The Bertz CT molecular complexity index is 320. The van der Waals surface area contributed by atoms with E-state index in [0.29, 0.717) is 3.70 Å². The molecular formula is C7H7F2IN2O. The van der Waals surface area contributed by atoms with Crippen LogP contribution in [0.5, 0.6) is 5.75 Å². The van der Waals surface area contributed by atoms with E-state index in [9.17, 15) is 13.9 Å². The van der Waals surface area contributed by atoms with Gasteiger partial charge in [0.25, 0.3) is 6.43 Å². The third kappa shape index (κ3) is 2.25. The minimum absolute atomic E-state index is 0.0179. The second-order valence-corrected chi connectivity index (χ2v) is 3.45. The molecule has 3 N–H and O–H groups in total. The average Bonchev–Trinajstić information content (AvgIpc) is 2.08. The van der Waals surface area contributed by atoms with Crippen molar-refractivity contribution >= 4 is 22.6 Å². The fourth-order valence-corrected chi connectivity index (χ4v) is 1.52. The molecule has 0 unspecified atom stereocenters. The Hall–Kier alpha value is -0.500. The van der Waals surface area contributed by atoms with E-state index >= 15 is 0 Å². The van der Waals surface area contributed by atoms with E-state index in [1.807, 2.05) is 0 Å². The quantitative estimate of drug-likeness (QED) is 0.646. The lowest BCUT2D eigenvalue weighted by Gasteiger charge is -2.07. The lowest BCUT2D eigenvalue weighted by atomic mass is 10.2. The number of aromatic nitrogens is 1. The Labute approximate surface area is 87.1 Å². The molecule has 0 radical (unpaired) electrons. The third-order valence-electron chi connectivity index (χ3n) is 1.49. The van der Waals surface area contributed by atoms with Crippen molar-refractivity contribution in [2.24, 2.45) is 5.73 Å². The first-order valence-corrected chi connectivity index (χ1v) is 4.50. The molecule has 0 aromatic carbocycles. The highest BCUT2D eigenvalue weighted by Gasteiger charge is 2.18. The predicted molar refractivity (Wildman–Crippen MR) is 51.5 cm³/mol. The van der Waals surface area contributed by atoms with Gasteiger partial charge in [-0.05, 0) is 28.7 Å². The van der Waals surface area contributed by atoms with E-state index in [2.05, 4.69) is 4.98 Å². The van der Waals surface area contributed by atoms with Crippen LogP contribution in [0.1, 0.15) is 17.7 Å². The van der Waals surface area contributed by atoms with Crippen LogP contribution in [0.25, 0.3) is 0 Å². The highest BCUT2D eigenvalue weighted by atomic mass is 127. The van der Waals surface area contributed by atoms with Crippen LogP contribution in [-0.2, 0) is 6.54 Å². The maximum atomic E-state index is 12.3. The van der Waals surface area contributed by atoms with Crippen molar-refractivity contribution in [1.29, 1.82) is 0 Å². The van der Waals surface area contributed by atoms with Gasteiger partial charge in [-0.3, -0.25) is 0 Å². The molecule has 6 heteroatoms. The van der Waals surface area contributed by atoms with Gasteiger partial charge in [-0.1, -0.05) is 0 Å². The van der Waals surface area contributed by atoms with Crippen LogP contribution in [0.4, 0.5) is 8.78 Å². The van der Waals surface area contributed by atoms with Crippen molar-refractivity contribution in [3.05, 3.63) is 21.0 Å². The van der Waals surface area contributed by atoms with Crippen molar-refractivity contribution in [1.82, 2.24) is 4.98 Å². The maximum absolute atomic E-state index is 12.3. The molecule has 0 spiro atoms. The zero-order chi connectivity index (χ0) is 10.0. The van der Waals surface area contributed by atoms with Crippen LogP contribution in [0.2, 0.25) is 0 Å². The van der Waals surface area contributed by atoms with Gasteiger partial charge in [-0.2, -0.15) is 0 Å². The SMILES string of the molecule is NCc1cc(I)nc(C(F)F)c1O. The van der Waals surface area contributed by atoms with Crippen LogP contribution in [0, 0.1) is 3.70 Å². The first-order valence-electron chi connectivity index (χ1n) is 3.42. The summed E-state index contributed by atoms with van der Waals surface area (Å²) in [6.07, 6.45) is -2.78. The molecule has 0 atom stereocenters. The molecule has 13 heavy (non-hydrogen) atoms. The summed E-state index contributed by atoms with van der Waals surface area (Å²) in [5.41, 5.74) is 4.94. The third-order valence-corrected chi connectivity index (χ3v) is 2.05. The van der Waals surface area contributed by atoms with E-state index in [-0.39, 0.29) is 12.1 Å². The summed E-state index contributed by atoms with van der Waals surface area (Å²) in [6, 6.07) is 1.47. The predicted octanol–water partition coefficient (Wildman–Crippen LogP) is 1.79. The highest BCUT2D eigenvalue weighted by molar-refractivity contribution is 14.1. The van der Waals surface area contributed by atoms with Gasteiger partial charge in [-0.15, -0.1) is 0 Å². The molecule has 0 aliphatic heterocycles. The second kappa shape index (κ2) is 4.14. The van der Waals surface area contributed by atoms with E-state index in [0.717, 1.165) is 0 Å². The molecule has 1 aromatic rings. The number of rotatable bonds is 2. The lowest BCUT2D eigenvalue weighted by Crippen LogP contribution is -2.02. The van der Waals surface area contributed by atoms with Crippen LogP contribution in [0.3, 0.4) is 0 Å². The second-order valence-electron chi connectivity index (χ2n) is 2.34. The first-order chi connectivity index (χ1) is 6.06. The maximum Gasteiger partial charge on any atom is 0.284 e. The Kier molecular flexibility index (Phi) is 3.37. The summed E-state index contributed by atoms with van der Waals surface area (Å²) in [5, 5.41) is 9.26. The molecule has 3 nitrogen and oxygen atoms in total. The Morgan fingerprint density at radius 1 is 1.62 bits per heavy atom. The number of aromatic hydroxyl groups is 1. The van der Waals surface area contributed by atoms with E-state index < -0.39 is 17.9 Å². The van der Waals surface area contributed by atoms with Gasteiger partial charge in [0.05, 0.1) is 0 Å². The van der Waals surface area contributed by atoms with Gasteiger partial charge in [0.1, 0.15) is 15.1 Å². The summed E-state index contributed by atoms with van der Waals surface area (Å²) in [7, 11) is 0. The smallest absolute Gasteiger partial charge is 0.284 e. The summed E-state index contributed by atoms with van der Waals surface area (Å²) >= 11 is 1.79. The standard InChI is InChI=1S/C7H7F2IN2O/c8-7(9)5-6(13)3(2-11)1-4(10)12-5/h1,7,13H,2,11H2. The lowest BCUT2D eigenvalue weighted by molar-refractivity contribution is 0.141. The molecule has 1 aromatic heterocycles.